The van der Waals surface area contributed by atoms with E-state index in [1.165, 1.54) is 34.1 Å². The smallest absolute Gasteiger partial charge is 0.240 e. The van der Waals surface area contributed by atoms with Crippen LogP contribution in [-0.2, 0) is 9.59 Å². The fraction of sp³-hybridized carbons (Fsp3) is 0.280. The summed E-state index contributed by atoms with van der Waals surface area (Å²) in [5.41, 5.74) is 1.10. The highest BCUT2D eigenvalue weighted by Crippen LogP contribution is 2.37. The third-order valence-corrected chi connectivity index (χ3v) is 5.65. The SMILES string of the molecule is CC[NH+](CC)CCN1C(=O)C([O-])=C(C(=O)/C=C/c2ccccc2)C1c1cccc(F)c1. The fourth-order valence-corrected chi connectivity index (χ4v) is 3.85. The number of amides is 1. The molecule has 1 aliphatic heterocycles. The lowest BCUT2D eigenvalue weighted by Crippen LogP contribution is -3.12. The summed E-state index contributed by atoms with van der Waals surface area (Å²) < 4.78 is 14.0. The van der Waals surface area contributed by atoms with Gasteiger partial charge in [-0.3, -0.25) is 9.59 Å². The van der Waals surface area contributed by atoms with Crippen molar-refractivity contribution in [1.82, 2.24) is 4.90 Å². The molecule has 0 aliphatic carbocycles. The van der Waals surface area contributed by atoms with Gasteiger partial charge in [0.05, 0.1) is 32.2 Å². The lowest BCUT2D eigenvalue weighted by atomic mass is 9.95. The minimum atomic E-state index is -0.890. The number of allylic oxidation sites excluding steroid dienone is 1. The van der Waals surface area contributed by atoms with Crippen molar-refractivity contribution < 1.29 is 24.0 Å². The highest BCUT2D eigenvalue weighted by molar-refractivity contribution is 6.14. The van der Waals surface area contributed by atoms with Gasteiger partial charge in [-0.1, -0.05) is 48.5 Å². The van der Waals surface area contributed by atoms with Crippen LogP contribution in [0.2, 0.25) is 0 Å². The van der Waals surface area contributed by atoms with Crippen LogP contribution in [-0.4, -0.2) is 42.8 Å². The first-order valence-electron chi connectivity index (χ1n) is 10.5. The molecule has 2 aromatic rings. The molecular weight excluding hydrogens is 395 g/mol. The van der Waals surface area contributed by atoms with Crippen LogP contribution in [0.15, 0.2) is 72.0 Å². The number of ketones is 1. The molecule has 1 heterocycles. The van der Waals surface area contributed by atoms with E-state index in [1.807, 2.05) is 30.3 Å². The van der Waals surface area contributed by atoms with Crippen molar-refractivity contribution >= 4 is 17.8 Å². The lowest BCUT2D eigenvalue weighted by Gasteiger charge is -2.28. The molecule has 1 aliphatic rings. The Morgan fingerprint density at radius 1 is 1.13 bits per heavy atom. The number of nitrogens with one attached hydrogen (secondary N) is 1. The number of rotatable bonds is 9. The maximum Gasteiger partial charge on any atom is 0.240 e. The summed E-state index contributed by atoms with van der Waals surface area (Å²) in [6.45, 7) is 6.81. The molecule has 0 aromatic heterocycles. The van der Waals surface area contributed by atoms with Crippen molar-refractivity contribution in [2.45, 2.75) is 19.9 Å². The molecular formula is C25H27FN2O3. The molecule has 1 amide bonds. The number of halogens is 1. The van der Waals surface area contributed by atoms with E-state index in [0.29, 0.717) is 18.7 Å². The first-order valence-corrected chi connectivity index (χ1v) is 10.5. The molecule has 2 aromatic carbocycles. The Morgan fingerprint density at radius 3 is 2.48 bits per heavy atom. The average Bonchev–Trinajstić information content (AvgIpc) is 3.04. The lowest BCUT2D eigenvalue weighted by molar-refractivity contribution is -0.895. The molecule has 0 fully saturated rings. The van der Waals surface area contributed by atoms with Crippen LogP contribution < -0.4 is 10.0 Å². The third kappa shape index (κ3) is 5.09. The van der Waals surface area contributed by atoms with Crippen molar-refractivity contribution in [2.24, 2.45) is 0 Å². The second-order valence-corrected chi connectivity index (χ2v) is 7.51. The molecule has 0 radical (unpaired) electrons. The summed E-state index contributed by atoms with van der Waals surface area (Å²) in [7, 11) is 0. The number of carbonyl (C=O) groups excluding carboxylic acids is 2. The van der Waals surface area contributed by atoms with Crippen LogP contribution in [0.3, 0.4) is 0 Å². The monoisotopic (exact) mass is 422 g/mol. The Bertz CT molecular complexity index is 997. The summed E-state index contributed by atoms with van der Waals surface area (Å²) in [6, 6.07) is 14.1. The molecule has 0 bridgehead atoms. The maximum atomic E-state index is 14.0. The molecule has 0 saturated carbocycles. The Labute approximate surface area is 182 Å². The van der Waals surface area contributed by atoms with Gasteiger partial charge >= 0.3 is 0 Å². The second kappa shape index (κ2) is 10.2. The minimum absolute atomic E-state index is 0.127. The van der Waals surface area contributed by atoms with Crippen molar-refractivity contribution in [2.75, 3.05) is 26.2 Å². The third-order valence-electron chi connectivity index (χ3n) is 5.65. The number of nitrogens with zero attached hydrogens (tertiary/aromatic N) is 1. The van der Waals surface area contributed by atoms with E-state index in [4.69, 9.17) is 0 Å². The van der Waals surface area contributed by atoms with E-state index in [2.05, 4.69) is 13.8 Å². The predicted octanol–water partition coefficient (Wildman–Crippen LogP) is 1.53. The van der Waals surface area contributed by atoms with Gasteiger partial charge in [0.15, 0.2) is 5.78 Å². The number of hydrogen-bond donors (Lipinski definition) is 1. The first kappa shape index (κ1) is 22.4. The van der Waals surface area contributed by atoms with E-state index >= 15 is 0 Å². The van der Waals surface area contributed by atoms with Crippen molar-refractivity contribution in [3.8, 4) is 0 Å². The standard InChI is InChI=1S/C25H27FN2O3/c1-3-27(4-2)15-16-28-23(19-11-8-12-20(26)17-19)22(24(30)25(28)31)21(29)14-13-18-9-6-5-7-10-18/h5-14,17,23,30H,3-4,15-16H2,1-2H3/b14-13+. The Morgan fingerprint density at radius 2 is 1.84 bits per heavy atom. The van der Waals surface area contributed by atoms with Gasteiger partial charge in [0.25, 0.3) is 0 Å². The van der Waals surface area contributed by atoms with Gasteiger partial charge in [-0.2, -0.15) is 0 Å². The second-order valence-electron chi connectivity index (χ2n) is 7.51. The molecule has 31 heavy (non-hydrogen) atoms. The first-order chi connectivity index (χ1) is 15.0. The topological polar surface area (TPSA) is 64.9 Å². The van der Waals surface area contributed by atoms with E-state index in [1.54, 1.807) is 12.1 Å². The van der Waals surface area contributed by atoms with Crippen molar-refractivity contribution in [3.05, 3.63) is 88.9 Å². The van der Waals surface area contributed by atoms with Crippen LogP contribution in [0.5, 0.6) is 0 Å². The van der Waals surface area contributed by atoms with E-state index in [-0.39, 0.29) is 5.57 Å². The van der Waals surface area contributed by atoms with Gasteiger partial charge in [-0.25, -0.2) is 4.39 Å². The van der Waals surface area contributed by atoms with Crippen LogP contribution in [0.25, 0.3) is 6.08 Å². The van der Waals surface area contributed by atoms with Gasteiger partial charge in [0.2, 0.25) is 5.91 Å². The highest BCUT2D eigenvalue weighted by atomic mass is 19.1. The highest BCUT2D eigenvalue weighted by Gasteiger charge is 2.38. The van der Waals surface area contributed by atoms with E-state index in [0.717, 1.165) is 18.7 Å². The molecule has 3 rings (SSSR count). The summed E-state index contributed by atoms with van der Waals surface area (Å²) in [6.07, 6.45) is 2.92. The van der Waals surface area contributed by atoms with Gasteiger partial charge < -0.3 is 14.9 Å². The Hall–Kier alpha value is -3.25. The fourth-order valence-electron chi connectivity index (χ4n) is 3.85. The van der Waals surface area contributed by atoms with E-state index < -0.39 is 29.3 Å². The Balaban J connectivity index is 1.95. The van der Waals surface area contributed by atoms with Crippen molar-refractivity contribution in [3.63, 3.8) is 0 Å². The van der Waals surface area contributed by atoms with Crippen molar-refractivity contribution in [1.29, 1.82) is 0 Å². The van der Waals surface area contributed by atoms with Crippen LogP contribution in [0.4, 0.5) is 4.39 Å². The zero-order valence-electron chi connectivity index (χ0n) is 17.8. The van der Waals surface area contributed by atoms with Crippen LogP contribution in [0.1, 0.15) is 31.0 Å². The molecule has 1 unspecified atom stereocenters. The number of quaternary nitrogens is 1. The normalized spacial score (nSPS) is 16.7. The molecule has 0 spiro atoms. The van der Waals surface area contributed by atoms with Crippen LogP contribution >= 0.6 is 0 Å². The number of carbonyl (C=O) groups is 2. The van der Waals surface area contributed by atoms with Crippen LogP contribution in [0, 0.1) is 5.82 Å². The Kier molecular flexibility index (Phi) is 7.36. The molecule has 1 N–H and O–H groups in total. The average molecular weight is 423 g/mol. The molecule has 5 nitrogen and oxygen atoms in total. The van der Waals surface area contributed by atoms with Gasteiger partial charge in [-0.05, 0) is 48.9 Å². The molecule has 0 saturated heterocycles. The number of benzene rings is 2. The largest absolute Gasteiger partial charge is 0.868 e. The zero-order chi connectivity index (χ0) is 22.4. The predicted molar refractivity (Wildman–Crippen MR) is 115 cm³/mol. The zero-order valence-corrected chi connectivity index (χ0v) is 17.8. The van der Waals surface area contributed by atoms with E-state index in [9.17, 15) is 19.1 Å². The molecule has 6 heteroatoms. The summed E-state index contributed by atoms with van der Waals surface area (Å²) in [4.78, 5) is 28.5. The molecule has 162 valence electrons. The van der Waals surface area contributed by atoms with Gasteiger partial charge in [0, 0.05) is 5.57 Å². The summed E-state index contributed by atoms with van der Waals surface area (Å²) >= 11 is 0. The number of likely N-dealkylation sites (N-methyl/N-ethyl adjacent to an activating group) is 1. The maximum absolute atomic E-state index is 14.0. The number of hydrogen-bond acceptors (Lipinski definition) is 3. The quantitative estimate of drug-likeness (QED) is 0.624. The molecule has 1 atom stereocenters. The summed E-state index contributed by atoms with van der Waals surface area (Å²) in [5, 5.41) is 12.8. The summed E-state index contributed by atoms with van der Waals surface area (Å²) in [5.74, 6) is -2.54. The van der Waals surface area contributed by atoms with Gasteiger partial charge in [0.1, 0.15) is 5.82 Å². The van der Waals surface area contributed by atoms with Gasteiger partial charge in [-0.15, -0.1) is 0 Å². The minimum Gasteiger partial charge on any atom is -0.868 e.